The summed E-state index contributed by atoms with van der Waals surface area (Å²) in [4.78, 5) is 12.6. The molecule has 25 heavy (non-hydrogen) atoms. The maximum atomic E-state index is 12.6. The number of rotatable bonds is 6. The molecule has 0 saturated carbocycles. The Bertz CT molecular complexity index is 732. The number of hydrogen-bond acceptors (Lipinski definition) is 4. The zero-order chi connectivity index (χ0) is 18.0. The monoisotopic (exact) mass is 344 g/mol. The van der Waals surface area contributed by atoms with Crippen LogP contribution in [0.25, 0.3) is 0 Å². The number of hydrogen-bond donors (Lipinski definition) is 2. The van der Waals surface area contributed by atoms with Crippen molar-refractivity contribution in [2.24, 2.45) is 0 Å². The molecule has 0 aromatic carbocycles. The van der Waals surface area contributed by atoms with Gasteiger partial charge in [0.05, 0.1) is 18.4 Å². The molecule has 2 aromatic rings. The zero-order valence-electron chi connectivity index (χ0n) is 15.5. The van der Waals surface area contributed by atoms with E-state index < -0.39 is 0 Å². The Balaban J connectivity index is 1.66. The summed E-state index contributed by atoms with van der Waals surface area (Å²) in [7, 11) is 0. The topological polar surface area (TPSA) is 76.8 Å². The number of anilines is 1. The van der Waals surface area contributed by atoms with Crippen LogP contribution < -0.4 is 10.6 Å². The minimum Gasteiger partial charge on any atom is -0.310 e. The molecule has 3 rings (SSSR count). The number of nitrogens with one attached hydrogen (secondary N) is 2. The lowest BCUT2D eigenvalue weighted by Crippen LogP contribution is -2.41. The fraction of sp³-hybridized carbons (Fsp3) is 0.611. The van der Waals surface area contributed by atoms with E-state index in [1.165, 1.54) is 11.3 Å². The van der Waals surface area contributed by atoms with Crippen molar-refractivity contribution in [3.8, 4) is 0 Å². The number of carbonyl (C=O) groups is 1. The maximum Gasteiger partial charge on any atom is 0.242 e. The van der Waals surface area contributed by atoms with Gasteiger partial charge in [0.25, 0.3) is 0 Å². The second-order valence-corrected chi connectivity index (χ2v) is 6.94. The first-order valence-electron chi connectivity index (χ1n) is 9.16. The largest absolute Gasteiger partial charge is 0.310 e. The SMILES string of the molecule is CCn1ncc2c1CCC[C@@H]2N[C@H](C)C(=O)Nc1ccnn1C(C)C. The van der Waals surface area contributed by atoms with Crippen molar-refractivity contribution in [3.63, 3.8) is 0 Å². The first-order valence-corrected chi connectivity index (χ1v) is 9.16. The molecule has 0 spiro atoms. The van der Waals surface area contributed by atoms with Crippen molar-refractivity contribution in [2.75, 3.05) is 5.32 Å². The molecular weight excluding hydrogens is 316 g/mol. The van der Waals surface area contributed by atoms with Gasteiger partial charge in [0.2, 0.25) is 5.91 Å². The van der Waals surface area contributed by atoms with Crippen molar-refractivity contribution in [2.45, 2.75) is 71.6 Å². The van der Waals surface area contributed by atoms with Gasteiger partial charge in [0.1, 0.15) is 5.82 Å². The molecule has 2 heterocycles. The molecule has 7 nitrogen and oxygen atoms in total. The lowest BCUT2D eigenvalue weighted by atomic mass is 9.92. The van der Waals surface area contributed by atoms with Gasteiger partial charge in [0.15, 0.2) is 0 Å². The Kier molecular flexibility index (Phi) is 5.22. The van der Waals surface area contributed by atoms with Crippen LogP contribution in [0.5, 0.6) is 0 Å². The molecule has 0 unspecified atom stereocenters. The molecule has 0 bridgehead atoms. The van der Waals surface area contributed by atoms with Crippen LogP contribution in [0.3, 0.4) is 0 Å². The van der Waals surface area contributed by atoms with Gasteiger partial charge in [-0.2, -0.15) is 10.2 Å². The highest BCUT2D eigenvalue weighted by Gasteiger charge is 2.27. The summed E-state index contributed by atoms with van der Waals surface area (Å²) >= 11 is 0. The van der Waals surface area contributed by atoms with Crippen LogP contribution in [0.15, 0.2) is 18.5 Å². The fourth-order valence-corrected chi connectivity index (χ4v) is 3.50. The van der Waals surface area contributed by atoms with Crippen LogP contribution in [0, 0.1) is 0 Å². The summed E-state index contributed by atoms with van der Waals surface area (Å²) < 4.78 is 3.88. The predicted octanol–water partition coefficient (Wildman–Crippen LogP) is 2.67. The molecule has 0 aliphatic heterocycles. The summed E-state index contributed by atoms with van der Waals surface area (Å²) in [5.41, 5.74) is 2.54. The third-order valence-electron chi connectivity index (χ3n) is 4.82. The van der Waals surface area contributed by atoms with Gasteiger partial charge in [-0.15, -0.1) is 0 Å². The van der Waals surface area contributed by atoms with E-state index in [0.29, 0.717) is 0 Å². The molecule has 0 radical (unpaired) electrons. The number of fused-ring (bicyclic) bond motifs is 1. The van der Waals surface area contributed by atoms with Gasteiger partial charge in [-0.3, -0.25) is 14.8 Å². The Morgan fingerprint density at radius 1 is 1.36 bits per heavy atom. The summed E-state index contributed by atoms with van der Waals surface area (Å²) in [5, 5.41) is 15.2. The molecule has 0 fully saturated rings. The van der Waals surface area contributed by atoms with E-state index in [9.17, 15) is 4.79 Å². The van der Waals surface area contributed by atoms with Gasteiger partial charge in [0, 0.05) is 36.0 Å². The standard InChI is InChI=1S/C18H28N6O/c1-5-23-16-8-6-7-15(14(16)11-20-23)21-13(4)18(25)22-17-9-10-19-24(17)12(2)3/h9-13,15,21H,5-8H2,1-4H3,(H,22,25)/t13-,15+/m1/s1. The summed E-state index contributed by atoms with van der Waals surface area (Å²) in [6.45, 7) is 8.98. The van der Waals surface area contributed by atoms with Gasteiger partial charge in [-0.05, 0) is 47.0 Å². The minimum absolute atomic E-state index is 0.0441. The highest BCUT2D eigenvalue weighted by molar-refractivity contribution is 5.93. The summed E-state index contributed by atoms with van der Waals surface area (Å²) in [6.07, 6.45) is 6.87. The van der Waals surface area contributed by atoms with Gasteiger partial charge < -0.3 is 5.32 Å². The normalized spacial score (nSPS) is 18.2. The van der Waals surface area contributed by atoms with Crippen LogP contribution in [0.2, 0.25) is 0 Å². The van der Waals surface area contributed by atoms with Gasteiger partial charge >= 0.3 is 0 Å². The first kappa shape index (κ1) is 17.7. The van der Waals surface area contributed by atoms with E-state index in [2.05, 4.69) is 32.4 Å². The second-order valence-electron chi connectivity index (χ2n) is 6.94. The van der Waals surface area contributed by atoms with Crippen LogP contribution in [-0.4, -0.2) is 31.5 Å². The Labute approximate surface area is 148 Å². The fourth-order valence-electron chi connectivity index (χ4n) is 3.50. The molecule has 7 heteroatoms. The lowest BCUT2D eigenvalue weighted by molar-refractivity contribution is -0.118. The molecule has 1 amide bonds. The van der Waals surface area contributed by atoms with Crippen molar-refractivity contribution in [1.82, 2.24) is 24.9 Å². The third-order valence-corrected chi connectivity index (χ3v) is 4.82. The number of nitrogens with zero attached hydrogens (tertiary/aromatic N) is 4. The first-order chi connectivity index (χ1) is 12.0. The number of carbonyl (C=O) groups excluding carboxylic acids is 1. The second kappa shape index (κ2) is 7.39. The number of aryl methyl sites for hydroxylation is 1. The van der Waals surface area contributed by atoms with Crippen LogP contribution in [0.1, 0.15) is 63.9 Å². The Morgan fingerprint density at radius 2 is 2.16 bits per heavy atom. The van der Waals surface area contributed by atoms with E-state index in [4.69, 9.17) is 0 Å². The molecule has 2 aromatic heterocycles. The van der Waals surface area contributed by atoms with Crippen LogP contribution >= 0.6 is 0 Å². The molecule has 1 aliphatic rings. The van der Waals surface area contributed by atoms with E-state index >= 15 is 0 Å². The molecule has 1 aliphatic carbocycles. The number of amides is 1. The van der Waals surface area contributed by atoms with E-state index in [1.807, 2.05) is 37.7 Å². The highest BCUT2D eigenvalue weighted by Crippen LogP contribution is 2.30. The van der Waals surface area contributed by atoms with Crippen molar-refractivity contribution in [3.05, 3.63) is 29.7 Å². The third kappa shape index (κ3) is 3.61. The van der Waals surface area contributed by atoms with Crippen LogP contribution in [0.4, 0.5) is 5.82 Å². The van der Waals surface area contributed by atoms with Crippen molar-refractivity contribution >= 4 is 11.7 Å². The van der Waals surface area contributed by atoms with E-state index in [-0.39, 0.29) is 24.0 Å². The molecular formula is C18H28N6O. The lowest BCUT2D eigenvalue weighted by Gasteiger charge is -2.27. The molecule has 136 valence electrons. The van der Waals surface area contributed by atoms with Gasteiger partial charge in [-0.1, -0.05) is 0 Å². The average molecular weight is 344 g/mol. The van der Waals surface area contributed by atoms with Gasteiger partial charge in [-0.25, -0.2) is 4.68 Å². The van der Waals surface area contributed by atoms with E-state index in [1.54, 1.807) is 6.20 Å². The smallest absolute Gasteiger partial charge is 0.242 e. The minimum atomic E-state index is -0.295. The summed E-state index contributed by atoms with van der Waals surface area (Å²) in [6, 6.07) is 1.92. The zero-order valence-corrected chi connectivity index (χ0v) is 15.5. The highest BCUT2D eigenvalue weighted by atomic mass is 16.2. The molecule has 2 atom stereocenters. The molecule has 2 N–H and O–H groups in total. The summed E-state index contributed by atoms with van der Waals surface area (Å²) in [5.74, 6) is 0.689. The van der Waals surface area contributed by atoms with E-state index in [0.717, 1.165) is 31.6 Å². The van der Waals surface area contributed by atoms with Crippen molar-refractivity contribution < 1.29 is 4.79 Å². The van der Waals surface area contributed by atoms with Crippen molar-refractivity contribution in [1.29, 1.82) is 0 Å². The Morgan fingerprint density at radius 3 is 2.88 bits per heavy atom. The Hall–Kier alpha value is -2.15. The van der Waals surface area contributed by atoms with Crippen LogP contribution in [-0.2, 0) is 17.8 Å². The molecule has 0 saturated heterocycles. The predicted molar refractivity (Wildman–Crippen MR) is 97.4 cm³/mol. The average Bonchev–Trinajstić information content (AvgIpc) is 3.21. The quantitative estimate of drug-likeness (QED) is 0.845. The number of aromatic nitrogens is 4. The maximum absolute atomic E-state index is 12.6.